The molecule has 15 heavy (non-hydrogen) atoms. The number of pyridine rings is 1. The van der Waals surface area contributed by atoms with Gasteiger partial charge in [0.25, 0.3) is 5.56 Å². The molecule has 0 aromatic carbocycles. The van der Waals surface area contributed by atoms with Gasteiger partial charge in [-0.1, -0.05) is 0 Å². The Morgan fingerprint density at radius 2 is 2.13 bits per heavy atom. The van der Waals surface area contributed by atoms with Crippen LogP contribution in [0.1, 0.15) is 0 Å². The maximum absolute atomic E-state index is 11.4. The quantitative estimate of drug-likeness (QED) is 0.551. The van der Waals surface area contributed by atoms with Gasteiger partial charge in [0.2, 0.25) is 5.58 Å². The second kappa shape index (κ2) is 2.57. The van der Waals surface area contributed by atoms with Crippen LogP contribution in [0.5, 0.6) is 0 Å². The standard InChI is InChI=1S/C9H5N3O3/c13-8-7-6(11-9(14)12-8)4-1-2-10-3-5(4)15-7/h1-3H,(H2,11,12,13,14). The summed E-state index contributed by atoms with van der Waals surface area (Å²) in [4.78, 5) is 30.9. The molecule has 0 radical (unpaired) electrons. The van der Waals surface area contributed by atoms with Crippen LogP contribution in [-0.2, 0) is 0 Å². The summed E-state index contributed by atoms with van der Waals surface area (Å²) in [6.45, 7) is 0. The first-order chi connectivity index (χ1) is 7.25. The summed E-state index contributed by atoms with van der Waals surface area (Å²) in [7, 11) is 0. The largest absolute Gasteiger partial charge is 0.447 e. The van der Waals surface area contributed by atoms with Gasteiger partial charge in [0.05, 0.1) is 6.20 Å². The molecule has 0 amide bonds. The molecule has 3 rings (SSSR count). The van der Waals surface area contributed by atoms with Crippen molar-refractivity contribution in [1.29, 1.82) is 0 Å². The first kappa shape index (κ1) is 7.98. The summed E-state index contributed by atoms with van der Waals surface area (Å²) >= 11 is 0. The van der Waals surface area contributed by atoms with Gasteiger partial charge in [0, 0.05) is 11.6 Å². The number of furan rings is 1. The number of hydrogen-bond acceptors (Lipinski definition) is 4. The van der Waals surface area contributed by atoms with E-state index in [4.69, 9.17) is 4.42 Å². The molecule has 0 aliphatic carbocycles. The first-order valence-corrected chi connectivity index (χ1v) is 4.24. The van der Waals surface area contributed by atoms with Crippen LogP contribution in [0.25, 0.3) is 22.1 Å². The van der Waals surface area contributed by atoms with E-state index in [-0.39, 0.29) is 5.58 Å². The van der Waals surface area contributed by atoms with Crippen molar-refractivity contribution in [2.24, 2.45) is 0 Å². The van der Waals surface area contributed by atoms with Crippen LogP contribution in [0, 0.1) is 0 Å². The van der Waals surface area contributed by atoms with Crippen LogP contribution in [0.4, 0.5) is 0 Å². The highest BCUT2D eigenvalue weighted by Gasteiger charge is 2.10. The lowest BCUT2D eigenvalue weighted by atomic mass is 10.3. The minimum Gasteiger partial charge on any atom is -0.447 e. The molecule has 3 aromatic rings. The Bertz CT molecular complexity index is 765. The molecule has 0 aliphatic heterocycles. The Labute approximate surface area is 81.6 Å². The monoisotopic (exact) mass is 203 g/mol. The number of nitrogens with zero attached hydrogens (tertiary/aromatic N) is 1. The number of rotatable bonds is 0. The average molecular weight is 203 g/mol. The zero-order valence-corrected chi connectivity index (χ0v) is 7.40. The third kappa shape index (κ3) is 1.01. The Morgan fingerprint density at radius 3 is 3.00 bits per heavy atom. The summed E-state index contributed by atoms with van der Waals surface area (Å²) in [5.74, 6) is 0. The number of aromatic nitrogens is 3. The smallest absolute Gasteiger partial charge is 0.326 e. The van der Waals surface area contributed by atoms with E-state index in [1.165, 1.54) is 6.20 Å². The highest BCUT2D eigenvalue weighted by Crippen LogP contribution is 2.22. The van der Waals surface area contributed by atoms with Crippen molar-refractivity contribution in [2.45, 2.75) is 0 Å². The van der Waals surface area contributed by atoms with Crippen molar-refractivity contribution in [3.63, 3.8) is 0 Å². The maximum atomic E-state index is 11.4. The molecule has 0 saturated heterocycles. The second-order valence-electron chi connectivity index (χ2n) is 3.09. The van der Waals surface area contributed by atoms with Crippen molar-refractivity contribution in [3.05, 3.63) is 39.3 Å². The molecule has 0 spiro atoms. The van der Waals surface area contributed by atoms with E-state index in [1.807, 2.05) is 0 Å². The fourth-order valence-corrected chi connectivity index (χ4v) is 1.54. The summed E-state index contributed by atoms with van der Waals surface area (Å²) in [6.07, 6.45) is 3.06. The number of hydrogen-bond donors (Lipinski definition) is 2. The van der Waals surface area contributed by atoms with E-state index < -0.39 is 11.2 Å². The molecule has 0 unspecified atom stereocenters. The lowest BCUT2D eigenvalue weighted by molar-refractivity contribution is 0.658. The minimum absolute atomic E-state index is 0.109. The molecule has 74 valence electrons. The highest BCUT2D eigenvalue weighted by atomic mass is 16.3. The summed E-state index contributed by atoms with van der Waals surface area (Å²) in [6, 6.07) is 1.68. The molecule has 0 fully saturated rings. The fourth-order valence-electron chi connectivity index (χ4n) is 1.54. The first-order valence-electron chi connectivity index (χ1n) is 4.24. The molecule has 6 nitrogen and oxygen atoms in total. The highest BCUT2D eigenvalue weighted by molar-refractivity contribution is 6.01. The predicted octanol–water partition coefficient (Wildman–Crippen LogP) is 0.358. The van der Waals surface area contributed by atoms with E-state index in [0.29, 0.717) is 16.5 Å². The molecule has 3 heterocycles. The minimum atomic E-state index is -0.549. The molecule has 6 heteroatoms. The molecule has 2 N–H and O–H groups in total. The lowest BCUT2D eigenvalue weighted by Crippen LogP contribution is -2.20. The average Bonchev–Trinajstić information content (AvgIpc) is 2.57. The van der Waals surface area contributed by atoms with Crippen LogP contribution in [-0.4, -0.2) is 15.0 Å². The Balaban J connectivity index is 2.73. The van der Waals surface area contributed by atoms with Crippen molar-refractivity contribution < 1.29 is 4.42 Å². The van der Waals surface area contributed by atoms with Gasteiger partial charge in [-0.3, -0.25) is 14.8 Å². The van der Waals surface area contributed by atoms with Gasteiger partial charge in [-0.05, 0) is 6.07 Å². The van der Waals surface area contributed by atoms with Gasteiger partial charge in [-0.15, -0.1) is 0 Å². The summed E-state index contributed by atoms with van der Waals surface area (Å²) in [5.41, 5.74) is -0.101. The third-order valence-electron chi connectivity index (χ3n) is 2.16. The van der Waals surface area contributed by atoms with Crippen LogP contribution in [0.3, 0.4) is 0 Å². The fraction of sp³-hybridized carbons (Fsp3) is 0. The van der Waals surface area contributed by atoms with E-state index in [9.17, 15) is 9.59 Å². The van der Waals surface area contributed by atoms with E-state index in [2.05, 4.69) is 15.0 Å². The van der Waals surface area contributed by atoms with Crippen LogP contribution < -0.4 is 11.2 Å². The van der Waals surface area contributed by atoms with Gasteiger partial charge in [0.15, 0.2) is 5.58 Å². The van der Waals surface area contributed by atoms with Crippen molar-refractivity contribution in [1.82, 2.24) is 15.0 Å². The normalized spacial score (nSPS) is 11.2. The Morgan fingerprint density at radius 1 is 1.27 bits per heavy atom. The molecule has 3 aromatic heterocycles. The Kier molecular flexibility index (Phi) is 1.37. The number of aromatic amines is 2. The van der Waals surface area contributed by atoms with Gasteiger partial charge in [0.1, 0.15) is 5.52 Å². The summed E-state index contributed by atoms with van der Waals surface area (Å²) in [5, 5.41) is 0.670. The van der Waals surface area contributed by atoms with Crippen LogP contribution in [0.15, 0.2) is 32.5 Å². The topological polar surface area (TPSA) is 91.8 Å². The zero-order valence-electron chi connectivity index (χ0n) is 7.40. The van der Waals surface area contributed by atoms with Crippen LogP contribution >= 0.6 is 0 Å². The number of fused-ring (bicyclic) bond motifs is 3. The van der Waals surface area contributed by atoms with Gasteiger partial charge in [-0.2, -0.15) is 0 Å². The van der Waals surface area contributed by atoms with Gasteiger partial charge >= 0.3 is 5.69 Å². The number of nitrogens with one attached hydrogen (secondary N) is 2. The molecular weight excluding hydrogens is 198 g/mol. The van der Waals surface area contributed by atoms with Gasteiger partial charge in [-0.25, -0.2) is 4.79 Å². The van der Waals surface area contributed by atoms with Crippen molar-refractivity contribution >= 4 is 22.1 Å². The lowest BCUT2D eigenvalue weighted by Gasteiger charge is -1.86. The second-order valence-corrected chi connectivity index (χ2v) is 3.09. The maximum Gasteiger partial charge on any atom is 0.326 e. The van der Waals surface area contributed by atoms with Crippen LogP contribution in [0.2, 0.25) is 0 Å². The third-order valence-corrected chi connectivity index (χ3v) is 2.16. The molecular formula is C9H5N3O3. The van der Waals surface area contributed by atoms with Crippen molar-refractivity contribution in [2.75, 3.05) is 0 Å². The Hall–Kier alpha value is -2.37. The SMILES string of the molecule is O=c1[nH]c(=O)c2oc3cnccc3c2[nH]1. The molecule has 0 bridgehead atoms. The number of H-pyrrole nitrogens is 2. The van der Waals surface area contributed by atoms with Gasteiger partial charge < -0.3 is 9.40 Å². The molecule has 0 aliphatic rings. The van der Waals surface area contributed by atoms with E-state index >= 15 is 0 Å². The predicted molar refractivity (Wildman–Crippen MR) is 52.8 cm³/mol. The van der Waals surface area contributed by atoms with E-state index in [0.717, 1.165) is 0 Å². The molecule has 0 saturated carbocycles. The zero-order chi connectivity index (χ0) is 10.4. The summed E-state index contributed by atoms with van der Waals surface area (Å²) < 4.78 is 5.26. The van der Waals surface area contributed by atoms with E-state index in [1.54, 1.807) is 12.3 Å². The van der Waals surface area contributed by atoms with Crippen molar-refractivity contribution in [3.8, 4) is 0 Å². The molecule has 0 atom stereocenters.